The molecule has 0 aliphatic carbocycles. The summed E-state index contributed by atoms with van der Waals surface area (Å²) in [4.78, 5) is 6.90. The first-order valence-corrected chi connectivity index (χ1v) is 9.51. The quantitative estimate of drug-likeness (QED) is 0.786. The van der Waals surface area contributed by atoms with Crippen molar-refractivity contribution in [2.45, 2.75) is 52.4 Å². The molecule has 5 nitrogen and oxygen atoms in total. The Labute approximate surface area is 161 Å². The molecule has 3 heterocycles. The normalized spacial score (nSPS) is 20.1. The summed E-state index contributed by atoms with van der Waals surface area (Å²) in [6, 6.07) is 8.81. The van der Waals surface area contributed by atoms with E-state index in [9.17, 15) is 0 Å². The lowest BCUT2D eigenvalue weighted by Crippen LogP contribution is -2.35. The monoisotopic (exact) mass is 372 g/mol. The van der Waals surface area contributed by atoms with Crippen LogP contribution in [0.2, 0.25) is 0 Å². The van der Waals surface area contributed by atoms with Gasteiger partial charge >= 0.3 is 0 Å². The van der Waals surface area contributed by atoms with Crippen LogP contribution in [0.25, 0.3) is 0 Å². The highest BCUT2D eigenvalue weighted by atomic mass is 32.1. The highest BCUT2D eigenvalue weighted by Crippen LogP contribution is 2.41. The van der Waals surface area contributed by atoms with Gasteiger partial charge in [-0.3, -0.25) is 4.98 Å². The Morgan fingerprint density at radius 3 is 2.69 bits per heavy atom. The first-order chi connectivity index (χ1) is 12.5. The van der Waals surface area contributed by atoms with E-state index in [-0.39, 0.29) is 12.1 Å². The SMILES string of the molecule is COCCn1c(C)cc([C@@H]2[C@H](c3ccccn3)NC(=S)N2C(C)C)c1C. The molecule has 1 fully saturated rings. The lowest BCUT2D eigenvalue weighted by molar-refractivity contribution is 0.186. The summed E-state index contributed by atoms with van der Waals surface area (Å²) in [5.41, 5.74) is 4.83. The molecular weight excluding hydrogens is 344 g/mol. The maximum Gasteiger partial charge on any atom is 0.170 e. The fourth-order valence-corrected chi connectivity index (χ4v) is 4.36. The van der Waals surface area contributed by atoms with Gasteiger partial charge in [0.2, 0.25) is 0 Å². The van der Waals surface area contributed by atoms with E-state index in [2.05, 4.69) is 59.6 Å². The molecule has 1 saturated heterocycles. The van der Waals surface area contributed by atoms with Gasteiger partial charge in [0.05, 0.1) is 24.4 Å². The van der Waals surface area contributed by atoms with Crippen LogP contribution >= 0.6 is 12.2 Å². The largest absolute Gasteiger partial charge is 0.383 e. The van der Waals surface area contributed by atoms with E-state index in [0.717, 1.165) is 17.4 Å². The number of aromatic nitrogens is 2. The first-order valence-electron chi connectivity index (χ1n) is 9.11. The van der Waals surface area contributed by atoms with Crippen LogP contribution in [0, 0.1) is 13.8 Å². The van der Waals surface area contributed by atoms with Crippen LogP contribution < -0.4 is 5.32 Å². The molecule has 2 aromatic rings. The highest BCUT2D eigenvalue weighted by Gasteiger charge is 2.42. The Balaban J connectivity index is 2.07. The summed E-state index contributed by atoms with van der Waals surface area (Å²) >= 11 is 5.68. The number of thiocarbonyl (C=S) groups is 1. The number of aryl methyl sites for hydroxylation is 1. The van der Waals surface area contributed by atoms with Gasteiger partial charge in [0.15, 0.2) is 5.11 Å². The van der Waals surface area contributed by atoms with Gasteiger partial charge in [-0.1, -0.05) is 6.07 Å². The minimum Gasteiger partial charge on any atom is -0.383 e. The molecule has 6 heteroatoms. The van der Waals surface area contributed by atoms with Crippen LogP contribution in [0.4, 0.5) is 0 Å². The van der Waals surface area contributed by atoms with E-state index >= 15 is 0 Å². The summed E-state index contributed by atoms with van der Waals surface area (Å²) in [6.45, 7) is 10.3. The Hall–Kier alpha value is -1.92. The van der Waals surface area contributed by atoms with E-state index in [1.165, 1.54) is 17.0 Å². The molecule has 0 radical (unpaired) electrons. The van der Waals surface area contributed by atoms with Crippen LogP contribution in [0.15, 0.2) is 30.5 Å². The number of hydrogen-bond acceptors (Lipinski definition) is 3. The van der Waals surface area contributed by atoms with E-state index in [4.69, 9.17) is 17.0 Å². The van der Waals surface area contributed by atoms with Crippen molar-refractivity contribution >= 4 is 17.3 Å². The number of nitrogens with zero attached hydrogens (tertiary/aromatic N) is 3. The van der Waals surface area contributed by atoms with Gasteiger partial charge in [-0.2, -0.15) is 0 Å². The first kappa shape index (κ1) is 18.9. The summed E-state index contributed by atoms with van der Waals surface area (Å²) in [6.07, 6.45) is 1.84. The second-order valence-electron chi connectivity index (χ2n) is 7.10. The minimum atomic E-state index is 0.0440. The zero-order valence-electron chi connectivity index (χ0n) is 16.2. The fourth-order valence-electron chi connectivity index (χ4n) is 3.91. The fraction of sp³-hybridized carbons (Fsp3) is 0.500. The molecule has 26 heavy (non-hydrogen) atoms. The number of rotatable bonds is 6. The zero-order chi connectivity index (χ0) is 18.8. The third kappa shape index (κ3) is 3.35. The molecule has 0 bridgehead atoms. The molecule has 140 valence electrons. The van der Waals surface area contributed by atoms with Crippen molar-refractivity contribution in [2.75, 3.05) is 13.7 Å². The molecule has 2 aromatic heterocycles. The van der Waals surface area contributed by atoms with E-state index in [1.54, 1.807) is 7.11 Å². The Kier molecular flexibility index (Phi) is 5.63. The molecule has 0 aromatic carbocycles. The second kappa shape index (κ2) is 7.76. The molecule has 1 N–H and O–H groups in total. The van der Waals surface area contributed by atoms with Gasteiger partial charge in [0.25, 0.3) is 0 Å². The molecule has 1 aliphatic rings. The van der Waals surface area contributed by atoms with Crippen molar-refractivity contribution < 1.29 is 4.74 Å². The highest BCUT2D eigenvalue weighted by molar-refractivity contribution is 7.80. The van der Waals surface area contributed by atoms with E-state index in [0.29, 0.717) is 12.6 Å². The van der Waals surface area contributed by atoms with Gasteiger partial charge in [-0.25, -0.2) is 0 Å². The zero-order valence-corrected chi connectivity index (χ0v) is 17.0. The number of ether oxygens (including phenoxy) is 1. The Morgan fingerprint density at radius 2 is 2.08 bits per heavy atom. The molecular formula is C20H28N4OS. The summed E-state index contributed by atoms with van der Waals surface area (Å²) in [7, 11) is 1.74. The van der Waals surface area contributed by atoms with Gasteiger partial charge in [0, 0.05) is 37.3 Å². The van der Waals surface area contributed by atoms with E-state index < -0.39 is 0 Å². The molecule has 0 spiro atoms. The third-order valence-electron chi connectivity index (χ3n) is 5.14. The lowest BCUT2D eigenvalue weighted by Gasteiger charge is -2.31. The average Bonchev–Trinajstić information content (AvgIpc) is 3.10. The van der Waals surface area contributed by atoms with Crippen molar-refractivity contribution in [2.24, 2.45) is 0 Å². The average molecular weight is 373 g/mol. The molecule has 0 unspecified atom stereocenters. The van der Waals surface area contributed by atoms with Gasteiger partial charge in [-0.05, 0) is 63.7 Å². The van der Waals surface area contributed by atoms with E-state index in [1.807, 2.05) is 18.3 Å². The predicted octanol–water partition coefficient (Wildman–Crippen LogP) is 3.53. The van der Waals surface area contributed by atoms with Crippen LogP contribution in [0.5, 0.6) is 0 Å². The Morgan fingerprint density at radius 1 is 1.31 bits per heavy atom. The summed E-state index contributed by atoms with van der Waals surface area (Å²) in [5.74, 6) is 0. The molecule has 0 amide bonds. The van der Waals surface area contributed by atoms with Gasteiger partial charge in [0.1, 0.15) is 0 Å². The molecule has 2 atom stereocenters. The number of methoxy groups -OCH3 is 1. The topological polar surface area (TPSA) is 42.3 Å². The standard InChI is InChI=1S/C20H28N4OS/c1-13(2)24-19(16-12-14(3)23(15(16)4)10-11-25-5)18(22-20(24)26)17-8-6-7-9-21-17/h6-9,12-13,18-19H,10-11H2,1-5H3,(H,22,26)/t18-,19+/m0/s1. The van der Waals surface area contributed by atoms with Crippen molar-refractivity contribution in [3.63, 3.8) is 0 Å². The van der Waals surface area contributed by atoms with Crippen molar-refractivity contribution in [3.8, 4) is 0 Å². The summed E-state index contributed by atoms with van der Waals surface area (Å²) in [5, 5.41) is 4.30. The molecule has 0 saturated carbocycles. The van der Waals surface area contributed by atoms with Crippen molar-refractivity contribution in [1.82, 2.24) is 19.8 Å². The Bertz CT molecular complexity index is 772. The number of nitrogens with one attached hydrogen (secondary N) is 1. The molecule has 1 aliphatic heterocycles. The van der Waals surface area contributed by atoms with Crippen LogP contribution in [-0.4, -0.2) is 39.3 Å². The predicted molar refractivity (Wildman–Crippen MR) is 108 cm³/mol. The van der Waals surface area contributed by atoms with Gasteiger partial charge in [-0.15, -0.1) is 0 Å². The smallest absolute Gasteiger partial charge is 0.170 e. The van der Waals surface area contributed by atoms with Crippen molar-refractivity contribution in [1.29, 1.82) is 0 Å². The molecule has 3 rings (SSSR count). The van der Waals surface area contributed by atoms with Gasteiger partial charge < -0.3 is 19.5 Å². The van der Waals surface area contributed by atoms with Crippen LogP contribution in [0.3, 0.4) is 0 Å². The maximum atomic E-state index is 5.68. The minimum absolute atomic E-state index is 0.0440. The van der Waals surface area contributed by atoms with Crippen LogP contribution in [0.1, 0.15) is 48.6 Å². The van der Waals surface area contributed by atoms with Crippen molar-refractivity contribution in [3.05, 3.63) is 53.1 Å². The lowest BCUT2D eigenvalue weighted by atomic mass is 9.96. The van der Waals surface area contributed by atoms with Crippen LogP contribution in [-0.2, 0) is 11.3 Å². The number of pyridine rings is 1. The summed E-state index contributed by atoms with van der Waals surface area (Å²) < 4.78 is 7.61. The number of hydrogen-bond donors (Lipinski definition) is 1. The second-order valence-corrected chi connectivity index (χ2v) is 7.49. The third-order valence-corrected chi connectivity index (χ3v) is 5.47. The maximum absolute atomic E-state index is 5.68.